The summed E-state index contributed by atoms with van der Waals surface area (Å²) in [6.07, 6.45) is 6.23. The van der Waals surface area contributed by atoms with Crippen LogP contribution in [-0.4, -0.2) is 31.5 Å². The number of furan rings is 1. The van der Waals surface area contributed by atoms with Crippen molar-refractivity contribution in [3.05, 3.63) is 65.4 Å². The number of amides is 1. The molecule has 0 aliphatic carbocycles. The number of nitrogens with zero attached hydrogens (tertiary/aromatic N) is 3. The Hall–Kier alpha value is -2.64. The molecule has 1 amide bonds. The first-order valence-corrected chi connectivity index (χ1v) is 9.84. The van der Waals surface area contributed by atoms with E-state index in [-0.39, 0.29) is 5.91 Å². The third-order valence-corrected chi connectivity index (χ3v) is 5.50. The number of benzene rings is 1. The van der Waals surface area contributed by atoms with Gasteiger partial charge >= 0.3 is 0 Å². The number of hydrogen-bond donors (Lipinski definition) is 0. The zero-order valence-electron chi connectivity index (χ0n) is 14.7. The van der Waals surface area contributed by atoms with Gasteiger partial charge in [-0.25, -0.2) is 4.68 Å². The SMILES string of the molecule is CCCN1C(=O)C(=Cc2cn(-c3ccccc3)nc2-c2ccco2)SC1=S. The number of carbonyl (C=O) groups excluding carboxylic acids is 1. The number of aromatic nitrogens is 2. The zero-order chi connectivity index (χ0) is 18.8. The highest BCUT2D eigenvalue weighted by Gasteiger charge is 2.31. The van der Waals surface area contributed by atoms with Crippen LogP contribution in [0.25, 0.3) is 23.2 Å². The molecule has 0 unspecified atom stereocenters. The summed E-state index contributed by atoms with van der Waals surface area (Å²) in [6, 6.07) is 13.5. The first kappa shape index (κ1) is 17.8. The average Bonchev–Trinajstić information content (AvgIpc) is 3.40. The molecule has 7 heteroatoms. The maximum atomic E-state index is 12.7. The predicted octanol–water partition coefficient (Wildman–Crippen LogP) is 4.74. The maximum absolute atomic E-state index is 12.7. The van der Waals surface area contributed by atoms with Gasteiger partial charge in [-0.05, 0) is 36.8 Å². The molecule has 0 atom stereocenters. The van der Waals surface area contributed by atoms with Gasteiger partial charge < -0.3 is 4.42 Å². The molecule has 1 saturated heterocycles. The molecule has 1 fully saturated rings. The van der Waals surface area contributed by atoms with Gasteiger partial charge in [-0.1, -0.05) is 49.1 Å². The zero-order valence-corrected chi connectivity index (χ0v) is 16.3. The Morgan fingerprint density at radius 3 is 2.74 bits per heavy atom. The molecule has 1 aliphatic rings. The average molecular weight is 396 g/mol. The van der Waals surface area contributed by atoms with Crippen LogP contribution >= 0.6 is 24.0 Å². The number of hydrogen-bond acceptors (Lipinski definition) is 5. The number of para-hydroxylation sites is 1. The van der Waals surface area contributed by atoms with E-state index in [9.17, 15) is 4.79 Å². The molecule has 3 heterocycles. The minimum absolute atomic E-state index is 0.0512. The molecule has 27 heavy (non-hydrogen) atoms. The molecule has 136 valence electrons. The molecule has 0 bridgehead atoms. The first-order valence-electron chi connectivity index (χ1n) is 8.61. The molecular formula is C20H17N3O2S2. The van der Waals surface area contributed by atoms with Crippen LogP contribution in [0.15, 0.2) is 64.2 Å². The van der Waals surface area contributed by atoms with Gasteiger partial charge in [-0.3, -0.25) is 9.69 Å². The van der Waals surface area contributed by atoms with Crippen LogP contribution in [0, 0.1) is 0 Å². The third kappa shape index (κ3) is 3.48. The highest BCUT2D eigenvalue weighted by Crippen LogP contribution is 2.35. The van der Waals surface area contributed by atoms with Crippen molar-refractivity contribution in [2.75, 3.05) is 6.54 Å². The lowest BCUT2D eigenvalue weighted by Gasteiger charge is -2.11. The van der Waals surface area contributed by atoms with Crippen molar-refractivity contribution in [2.45, 2.75) is 13.3 Å². The molecule has 1 aromatic carbocycles. The second-order valence-electron chi connectivity index (χ2n) is 6.02. The fourth-order valence-corrected chi connectivity index (χ4v) is 4.17. The Balaban J connectivity index is 1.77. The van der Waals surface area contributed by atoms with E-state index in [1.54, 1.807) is 15.8 Å². The van der Waals surface area contributed by atoms with Gasteiger partial charge in [-0.15, -0.1) is 0 Å². The fraction of sp³-hybridized carbons (Fsp3) is 0.150. The minimum Gasteiger partial charge on any atom is -0.463 e. The van der Waals surface area contributed by atoms with Gasteiger partial charge in [0.1, 0.15) is 10.0 Å². The normalized spacial score (nSPS) is 15.9. The summed E-state index contributed by atoms with van der Waals surface area (Å²) < 4.78 is 7.94. The number of thioether (sulfide) groups is 1. The summed E-state index contributed by atoms with van der Waals surface area (Å²) in [5.74, 6) is 0.602. The summed E-state index contributed by atoms with van der Waals surface area (Å²) in [6.45, 7) is 2.66. The summed E-state index contributed by atoms with van der Waals surface area (Å²) in [5.41, 5.74) is 2.43. The maximum Gasteiger partial charge on any atom is 0.266 e. The Kier molecular flexibility index (Phi) is 4.96. The summed E-state index contributed by atoms with van der Waals surface area (Å²) in [4.78, 5) is 14.9. The van der Waals surface area contributed by atoms with Gasteiger partial charge in [0.2, 0.25) is 0 Å². The van der Waals surface area contributed by atoms with Crippen molar-refractivity contribution < 1.29 is 9.21 Å². The molecule has 0 radical (unpaired) electrons. The monoisotopic (exact) mass is 395 g/mol. The van der Waals surface area contributed by atoms with Crippen LogP contribution < -0.4 is 0 Å². The van der Waals surface area contributed by atoms with Crippen LogP contribution in [0.2, 0.25) is 0 Å². The van der Waals surface area contributed by atoms with Gasteiger partial charge in [0.05, 0.1) is 16.9 Å². The molecule has 2 aromatic heterocycles. The molecular weight excluding hydrogens is 378 g/mol. The van der Waals surface area contributed by atoms with Crippen molar-refractivity contribution in [2.24, 2.45) is 0 Å². The summed E-state index contributed by atoms with van der Waals surface area (Å²) in [7, 11) is 0. The van der Waals surface area contributed by atoms with E-state index in [2.05, 4.69) is 5.10 Å². The lowest BCUT2D eigenvalue weighted by atomic mass is 10.2. The Labute approximate surface area is 166 Å². The minimum atomic E-state index is -0.0512. The largest absolute Gasteiger partial charge is 0.463 e. The quantitative estimate of drug-likeness (QED) is 0.461. The van der Waals surface area contributed by atoms with Crippen LogP contribution in [0.1, 0.15) is 18.9 Å². The van der Waals surface area contributed by atoms with Crippen molar-refractivity contribution in [1.29, 1.82) is 0 Å². The highest BCUT2D eigenvalue weighted by molar-refractivity contribution is 8.26. The van der Waals surface area contributed by atoms with E-state index in [4.69, 9.17) is 16.6 Å². The molecule has 0 spiro atoms. The molecule has 0 N–H and O–H groups in total. The van der Waals surface area contributed by atoms with Crippen molar-refractivity contribution in [3.8, 4) is 17.1 Å². The molecule has 3 aromatic rings. The lowest BCUT2D eigenvalue weighted by molar-refractivity contribution is -0.122. The smallest absolute Gasteiger partial charge is 0.266 e. The fourth-order valence-electron chi connectivity index (χ4n) is 2.87. The van der Waals surface area contributed by atoms with E-state index in [0.717, 1.165) is 17.7 Å². The summed E-state index contributed by atoms with van der Waals surface area (Å²) in [5, 5.41) is 4.68. The van der Waals surface area contributed by atoms with Crippen LogP contribution in [0.4, 0.5) is 0 Å². The van der Waals surface area contributed by atoms with E-state index in [0.29, 0.717) is 27.2 Å². The van der Waals surface area contributed by atoms with Crippen molar-refractivity contribution in [3.63, 3.8) is 0 Å². The standard InChI is InChI=1S/C20H17N3O2S2/c1-2-10-22-19(24)17(27-20(22)26)12-14-13-23(15-7-4-3-5-8-15)21-18(14)16-9-6-11-25-16/h3-9,11-13H,2,10H2,1H3. The second kappa shape index (κ2) is 7.54. The Morgan fingerprint density at radius 2 is 2.04 bits per heavy atom. The highest BCUT2D eigenvalue weighted by atomic mass is 32.2. The van der Waals surface area contributed by atoms with E-state index in [1.165, 1.54) is 11.8 Å². The number of carbonyl (C=O) groups is 1. The van der Waals surface area contributed by atoms with E-state index >= 15 is 0 Å². The summed E-state index contributed by atoms with van der Waals surface area (Å²) >= 11 is 6.69. The predicted molar refractivity (Wildman–Crippen MR) is 111 cm³/mol. The topological polar surface area (TPSA) is 51.3 Å². The van der Waals surface area contributed by atoms with Crippen LogP contribution in [0.3, 0.4) is 0 Å². The van der Waals surface area contributed by atoms with E-state index < -0.39 is 0 Å². The van der Waals surface area contributed by atoms with Gasteiger partial charge in [0, 0.05) is 18.3 Å². The van der Waals surface area contributed by atoms with Crippen LogP contribution in [0.5, 0.6) is 0 Å². The third-order valence-electron chi connectivity index (χ3n) is 4.13. The molecule has 4 rings (SSSR count). The van der Waals surface area contributed by atoms with Gasteiger partial charge in [0.25, 0.3) is 5.91 Å². The molecule has 5 nitrogen and oxygen atoms in total. The van der Waals surface area contributed by atoms with Crippen molar-refractivity contribution >= 4 is 40.3 Å². The Bertz CT molecular complexity index is 1010. The van der Waals surface area contributed by atoms with Gasteiger partial charge in [-0.2, -0.15) is 5.10 Å². The van der Waals surface area contributed by atoms with E-state index in [1.807, 2.05) is 61.7 Å². The van der Waals surface area contributed by atoms with Crippen molar-refractivity contribution in [1.82, 2.24) is 14.7 Å². The molecule has 1 aliphatic heterocycles. The molecule has 0 saturated carbocycles. The first-order chi connectivity index (χ1) is 13.2. The van der Waals surface area contributed by atoms with Crippen LogP contribution in [-0.2, 0) is 4.79 Å². The second-order valence-corrected chi connectivity index (χ2v) is 7.70. The lowest BCUT2D eigenvalue weighted by Crippen LogP contribution is -2.28. The number of rotatable bonds is 5. The van der Waals surface area contributed by atoms with Gasteiger partial charge in [0.15, 0.2) is 5.76 Å². The number of thiocarbonyl (C=S) groups is 1. The Morgan fingerprint density at radius 1 is 1.22 bits per heavy atom.